The topological polar surface area (TPSA) is 98.4 Å². The summed E-state index contributed by atoms with van der Waals surface area (Å²) >= 11 is 0. The summed E-state index contributed by atoms with van der Waals surface area (Å²) in [6, 6.07) is 5.57. The van der Waals surface area contributed by atoms with Gasteiger partial charge in [-0.2, -0.15) is 10.2 Å². The fraction of sp³-hybridized carbons (Fsp3) is 0.409. The quantitative estimate of drug-likeness (QED) is 0.609. The van der Waals surface area contributed by atoms with E-state index >= 15 is 0 Å². The van der Waals surface area contributed by atoms with E-state index in [1.165, 1.54) is 13.3 Å². The molecule has 0 aliphatic carbocycles. The van der Waals surface area contributed by atoms with Crippen LogP contribution in [0.3, 0.4) is 0 Å². The Morgan fingerprint density at radius 2 is 1.91 bits per heavy atom. The third-order valence-corrected chi connectivity index (χ3v) is 5.30. The molecule has 0 bridgehead atoms. The molecule has 4 rings (SSSR count). The van der Waals surface area contributed by atoms with Crippen molar-refractivity contribution in [1.29, 1.82) is 0 Å². The number of ether oxygens (including phenoxy) is 1. The van der Waals surface area contributed by atoms with Crippen molar-refractivity contribution in [2.45, 2.75) is 52.9 Å². The number of fused-ring (bicyclic) bond motifs is 1. The molecular formula is C22H27N7O3. The number of hydrogen-bond acceptors (Lipinski definition) is 6. The minimum atomic E-state index is -0.419. The number of anilines is 2. The highest BCUT2D eigenvalue weighted by Gasteiger charge is 2.34. The third-order valence-electron chi connectivity index (χ3n) is 5.30. The second-order valence-corrected chi connectivity index (χ2v) is 8.14. The fourth-order valence-corrected chi connectivity index (χ4v) is 3.91. The van der Waals surface area contributed by atoms with E-state index in [1.807, 2.05) is 49.8 Å². The van der Waals surface area contributed by atoms with Gasteiger partial charge in [0, 0.05) is 25.2 Å². The molecule has 0 fully saturated rings. The van der Waals surface area contributed by atoms with Crippen molar-refractivity contribution >= 4 is 23.4 Å². The van der Waals surface area contributed by atoms with Gasteiger partial charge < -0.3 is 9.64 Å². The Balaban J connectivity index is 1.64. The number of nitrogens with zero attached hydrogens (tertiary/aromatic N) is 7. The first-order valence-corrected chi connectivity index (χ1v) is 10.6. The van der Waals surface area contributed by atoms with Gasteiger partial charge in [-0.05, 0) is 38.5 Å². The molecule has 0 radical (unpaired) electrons. The Morgan fingerprint density at radius 3 is 2.59 bits per heavy atom. The Labute approximate surface area is 186 Å². The molecule has 10 nitrogen and oxygen atoms in total. The number of aromatic nitrogens is 5. The van der Waals surface area contributed by atoms with Crippen LogP contribution in [0.15, 0.2) is 43.2 Å². The largest absolute Gasteiger partial charge is 0.446 e. The summed E-state index contributed by atoms with van der Waals surface area (Å²) in [5.74, 6) is -0.0655. The van der Waals surface area contributed by atoms with E-state index in [9.17, 15) is 9.59 Å². The van der Waals surface area contributed by atoms with Gasteiger partial charge in [-0.3, -0.25) is 19.1 Å². The molecule has 2 amide bonds. The molecule has 2 aromatic heterocycles. The molecule has 1 aliphatic heterocycles. The van der Waals surface area contributed by atoms with E-state index in [0.717, 1.165) is 11.1 Å². The number of amides is 2. The maximum absolute atomic E-state index is 12.8. The fourth-order valence-electron chi connectivity index (χ4n) is 3.91. The minimum Gasteiger partial charge on any atom is -0.446 e. The van der Waals surface area contributed by atoms with Crippen molar-refractivity contribution in [2.75, 3.05) is 16.3 Å². The zero-order valence-corrected chi connectivity index (χ0v) is 18.7. The van der Waals surface area contributed by atoms with Gasteiger partial charge in [0.15, 0.2) is 0 Å². The average molecular weight is 438 g/mol. The molecule has 0 saturated carbocycles. The first kappa shape index (κ1) is 21.5. The Bertz CT molecular complexity index is 1110. The lowest BCUT2D eigenvalue weighted by atomic mass is 10.0. The molecule has 3 aromatic rings. The van der Waals surface area contributed by atoms with E-state index in [-0.39, 0.29) is 18.1 Å². The molecule has 0 saturated heterocycles. The van der Waals surface area contributed by atoms with Crippen molar-refractivity contribution in [3.8, 4) is 11.1 Å². The number of hydrogen-bond donors (Lipinski definition) is 0. The number of carbonyl (C=O) groups excluding carboxylic acids is 2. The van der Waals surface area contributed by atoms with Crippen LogP contribution in [0.1, 0.15) is 27.7 Å². The zero-order chi connectivity index (χ0) is 22.8. The van der Waals surface area contributed by atoms with Crippen LogP contribution in [0, 0.1) is 0 Å². The van der Waals surface area contributed by atoms with Gasteiger partial charge in [-0.15, -0.1) is 0 Å². The van der Waals surface area contributed by atoms with Crippen LogP contribution in [-0.2, 0) is 22.6 Å². The molecule has 168 valence electrons. The van der Waals surface area contributed by atoms with E-state index < -0.39 is 6.09 Å². The molecule has 0 spiro atoms. The molecule has 1 atom stereocenters. The van der Waals surface area contributed by atoms with Crippen LogP contribution >= 0.6 is 0 Å². The molecular weight excluding hydrogens is 410 g/mol. The first-order valence-electron chi connectivity index (χ1n) is 10.6. The van der Waals surface area contributed by atoms with E-state index in [2.05, 4.69) is 15.2 Å². The van der Waals surface area contributed by atoms with Gasteiger partial charge >= 0.3 is 6.09 Å². The van der Waals surface area contributed by atoms with Crippen molar-refractivity contribution in [3.05, 3.63) is 43.2 Å². The van der Waals surface area contributed by atoms with Gasteiger partial charge in [-0.25, -0.2) is 9.78 Å². The lowest BCUT2D eigenvalue weighted by Crippen LogP contribution is -2.51. The zero-order valence-electron chi connectivity index (χ0n) is 18.7. The van der Waals surface area contributed by atoms with Crippen LogP contribution in [0.5, 0.6) is 0 Å². The van der Waals surface area contributed by atoms with Crippen LogP contribution in [0.4, 0.5) is 16.2 Å². The SMILES string of the molecule is CC(=O)N1c2ccc(-c3cnn(CCn4cncn4)c3)cc2N(C(=O)OC(C)C)C[C@@H]1C. The first-order chi connectivity index (χ1) is 15.3. The standard InChI is InChI=1S/C22H27N7O3/c1-15(2)32-22(31)28-11-16(3)29(17(4)30)20-6-5-18(9-21(20)28)19-10-24-26(12-19)7-8-27-14-23-13-25-27/h5-6,9-10,12-16H,7-8,11H2,1-4H3/t16-/m0/s1. The second-order valence-electron chi connectivity index (χ2n) is 8.14. The summed E-state index contributed by atoms with van der Waals surface area (Å²) in [6.45, 7) is 8.76. The number of rotatable bonds is 5. The molecule has 0 unspecified atom stereocenters. The highest BCUT2D eigenvalue weighted by atomic mass is 16.6. The molecule has 10 heteroatoms. The molecule has 3 heterocycles. The van der Waals surface area contributed by atoms with Gasteiger partial charge in [0.1, 0.15) is 12.7 Å². The molecule has 1 aliphatic rings. The summed E-state index contributed by atoms with van der Waals surface area (Å²) < 4.78 is 9.05. The lowest BCUT2D eigenvalue weighted by molar-refractivity contribution is -0.117. The van der Waals surface area contributed by atoms with Crippen LogP contribution in [0.2, 0.25) is 0 Å². The number of benzene rings is 1. The average Bonchev–Trinajstić information content (AvgIpc) is 3.42. The maximum Gasteiger partial charge on any atom is 0.414 e. The van der Waals surface area contributed by atoms with Crippen LogP contribution in [-0.4, -0.2) is 55.2 Å². The number of carbonyl (C=O) groups is 2. The summed E-state index contributed by atoms with van der Waals surface area (Å²) in [7, 11) is 0. The predicted molar refractivity (Wildman–Crippen MR) is 119 cm³/mol. The monoisotopic (exact) mass is 437 g/mol. The Morgan fingerprint density at radius 1 is 1.12 bits per heavy atom. The Kier molecular flexibility index (Phi) is 5.93. The normalized spacial score (nSPS) is 15.7. The Hall–Kier alpha value is -3.69. The summed E-state index contributed by atoms with van der Waals surface area (Å²) in [5, 5.41) is 8.54. The van der Waals surface area contributed by atoms with Crippen LogP contribution < -0.4 is 9.80 Å². The summed E-state index contributed by atoms with van der Waals surface area (Å²) in [5.41, 5.74) is 3.16. The van der Waals surface area contributed by atoms with Gasteiger partial charge in [0.05, 0.1) is 42.8 Å². The molecule has 1 aromatic carbocycles. The van der Waals surface area contributed by atoms with E-state index in [0.29, 0.717) is 31.0 Å². The second kappa shape index (κ2) is 8.81. The minimum absolute atomic E-state index is 0.0655. The maximum atomic E-state index is 12.8. The summed E-state index contributed by atoms with van der Waals surface area (Å²) in [6.07, 6.45) is 6.25. The van der Waals surface area contributed by atoms with Crippen molar-refractivity contribution in [1.82, 2.24) is 24.5 Å². The van der Waals surface area contributed by atoms with Crippen molar-refractivity contribution in [3.63, 3.8) is 0 Å². The van der Waals surface area contributed by atoms with Crippen molar-refractivity contribution in [2.24, 2.45) is 0 Å². The molecule has 32 heavy (non-hydrogen) atoms. The van der Waals surface area contributed by atoms with E-state index in [4.69, 9.17) is 4.74 Å². The van der Waals surface area contributed by atoms with Crippen LogP contribution in [0.25, 0.3) is 11.1 Å². The van der Waals surface area contributed by atoms with Gasteiger partial charge in [0.25, 0.3) is 0 Å². The lowest BCUT2D eigenvalue weighted by Gasteiger charge is -2.40. The van der Waals surface area contributed by atoms with Crippen molar-refractivity contribution < 1.29 is 14.3 Å². The summed E-state index contributed by atoms with van der Waals surface area (Å²) in [4.78, 5) is 32.4. The third kappa shape index (κ3) is 4.34. The van der Waals surface area contributed by atoms with Gasteiger partial charge in [0.2, 0.25) is 5.91 Å². The molecule has 0 N–H and O–H groups in total. The predicted octanol–water partition coefficient (Wildman–Crippen LogP) is 2.95. The number of aryl methyl sites for hydroxylation is 2. The van der Waals surface area contributed by atoms with Gasteiger partial charge in [-0.1, -0.05) is 6.07 Å². The van der Waals surface area contributed by atoms with E-state index in [1.54, 1.807) is 27.0 Å². The highest BCUT2D eigenvalue weighted by molar-refractivity contribution is 6.03. The highest BCUT2D eigenvalue weighted by Crippen LogP contribution is 2.39. The smallest absolute Gasteiger partial charge is 0.414 e.